The van der Waals surface area contributed by atoms with Crippen molar-refractivity contribution in [1.82, 2.24) is 14.5 Å². The molecular weight excluding hydrogens is 384 g/mol. The summed E-state index contributed by atoms with van der Waals surface area (Å²) < 4.78 is 26.4. The number of hydrogen-bond acceptors (Lipinski definition) is 6. The van der Waals surface area contributed by atoms with Gasteiger partial charge >= 0.3 is 0 Å². The summed E-state index contributed by atoms with van der Waals surface area (Å²) in [5.74, 6) is 0.122. The molecule has 9 heteroatoms. The highest BCUT2D eigenvalue weighted by molar-refractivity contribution is 7.89. The molecule has 0 aliphatic rings. The van der Waals surface area contributed by atoms with Crippen LogP contribution < -0.4 is 5.32 Å². The minimum Gasteiger partial charge on any atom is -0.296 e. The van der Waals surface area contributed by atoms with Crippen molar-refractivity contribution < 1.29 is 13.2 Å². The third-order valence-electron chi connectivity index (χ3n) is 3.92. The Labute approximate surface area is 164 Å². The van der Waals surface area contributed by atoms with Crippen LogP contribution in [0.3, 0.4) is 0 Å². The van der Waals surface area contributed by atoms with Crippen molar-refractivity contribution in [3.63, 3.8) is 0 Å². The van der Waals surface area contributed by atoms with Crippen LogP contribution in [0.4, 0.5) is 5.13 Å². The van der Waals surface area contributed by atoms with Gasteiger partial charge < -0.3 is 0 Å². The maximum atomic E-state index is 12.5. The van der Waals surface area contributed by atoms with Crippen LogP contribution in [0.15, 0.2) is 29.2 Å². The fraction of sp³-hybridized carbons (Fsp3) is 0.500. The van der Waals surface area contributed by atoms with Gasteiger partial charge in [-0.2, -0.15) is 0 Å². The molecule has 0 fully saturated rings. The van der Waals surface area contributed by atoms with E-state index in [1.165, 1.54) is 39.9 Å². The van der Waals surface area contributed by atoms with E-state index in [4.69, 9.17) is 0 Å². The van der Waals surface area contributed by atoms with Crippen molar-refractivity contribution in [1.29, 1.82) is 0 Å². The molecule has 1 aromatic heterocycles. The maximum absolute atomic E-state index is 12.5. The number of amides is 1. The Balaban J connectivity index is 2.05. The highest BCUT2D eigenvalue weighted by atomic mass is 32.2. The molecule has 0 unspecified atom stereocenters. The fourth-order valence-electron chi connectivity index (χ4n) is 2.36. The highest BCUT2D eigenvalue weighted by Gasteiger charge is 2.20. The Morgan fingerprint density at radius 3 is 2.48 bits per heavy atom. The monoisotopic (exact) mass is 410 g/mol. The summed E-state index contributed by atoms with van der Waals surface area (Å²) in [4.78, 5) is 12.5. The molecule has 0 aliphatic heterocycles. The molecule has 0 bridgehead atoms. The number of unbranched alkanes of at least 4 members (excludes halogenated alkanes) is 1. The SMILES string of the molecule is CCCCN(C)S(=O)(=O)c1ccc(C(=O)Nc2nnc(CC(C)C)s2)cc1. The maximum Gasteiger partial charge on any atom is 0.257 e. The summed E-state index contributed by atoms with van der Waals surface area (Å²) in [6, 6.07) is 5.92. The number of benzene rings is 1. The van der Waals surface area contributed by atoms with Gasteiger partial charge in [0.2, 0.25) is 15.2 Å². The number of nitrogens with zero attached hydrogens (tertiary/aromatic N) is 3. The molecule has 27 heavy (non-hydrogen) atoms. The number of aromatic nitrogens is 2. The van der Waals surface area contributed by atoms with Gasteiger partial charge in [0.25, 0.3) is 5.91 Å². The first kappa shape index (κ1) is 21.5. The Kier molecular flexibility index (Phi) is 7.46. The Morgan fingerprint density at radius 2 is 1.89 bits per heavy atom. The number of carbonyl (C=O) groups is 1. The van der Waals surface area contributed by atoms with E-state index in [2.05, 4.69) is 29.4 Å². The van der Waals surface area contributed by atoms with Crippen LogP contribution in [0.5, 0.6) is 0 Å². The first-order valence-corrected chi connectivity index (χ1v) is 11.2. The number of nitrogens with one attached hydrogen (secondary N) is 1. The van der Waals surface area contributed by atoms with E-state index in [1.54, 1.807) is 7.05 Å². The number of sulfonamides is 1. The van der Waals surface area contributed by atoms with Crippen molar-refractivity contribution in [3.05, 3.63) is 34.8 Å². The second-order valence-corrected chi connectivity index (χ2v) is 9.86. The number of anilines is 1. The van der Waals surface area contributed by atoms with Crippen LogP contribution in [0, 0.1) is 5.92 Å². The largest absolute Gasteiger partial charge is 0.296 e. The lowest BCUT2D eigenvalue weighted by molar-refractivity contribution is 0.102. The summed E-state index contributed by atoms with van der Waals surface area (Å²) in [6.07, 6.45) is 2.53. The molecule has 1 heterocycles. The highest BCUT2D eigenvalue weighted by Crippen LogP contribution is 2.20. The normalized spacial score (nSPS) is 11.9. The van der Waals surface area contributed by atoms with Gasteiger partial charge in [0.05, 0.1) is 4.90 Å². The minimum absolute atomic E-state index is 0.174. The first-order chi connectivity index (χ1) is 12.7. The van der Waals surface area contributed by atoms with Gasteiger partial charge in [-0.15, -0.1) is 10.2 Å². The average molecular weight is 411 g/mol. The van der Waals surface area contributed by atoms with E-state index >= 15 is 0 Å². The molecule has 0 radical (unpaired) electrons. The van der Waals surface area contributed by atoms with Crippen molar-refractivity contribution in [2.24, 2.45) is 5.92 Å². The Morgan fingerprint density at radius 1 is 1.22 bits per heavy atom. The summed E-state index contributed by atoms with van der Waals surface area (Å²) in [5, 5.41) is 12.1. The Bertz CT molecular complexity index is 861. The molecule has 0 saturated heterocycles. The van der Waals surface area contributed by atoms with Gasteiger partial charge in [0.15, 0.2) is 0 Å². The lowest BCUT2D eigenvalue weighted by atomic mass is 10.1. The molecule has 0 atom stereocenters. The van der Waals surface area contributed by atoms with E-state index in [9.17, 15) is 13.2 Å². The summed E-state index contributed by atoms with van der Waals surface area (Å²) >= 11 is 1.35. The fourth-order valence-corrected chi connectivity index (χ4v) is 4.52. The molecule has 148 valence electrons. The lowest BCUT2D eigenvalue weighted by Gasteiger charge is -2.16. The average Bonchev–Trinajstić information content (AvgIpc) is 3.05. The topological polar surface area (TPSA) is 92.3 Å². The number of carbonyl (C=O) groups excluding carboxylic acids is 1. The zero-order valence-electron chi connectivity index (χ0n) is 16.1. The zero-order chi connectivity index (χ0) is 20.0. The molecule has 2 aromatic rings. The van der Waals surface area contributed by atoms with Crippen LogP contribution in [-0.4, -0.2) is 42.4 Å². The molecular formula is C18H26N4O3S2. The molecule has 2 rings (SSSR count). The van der Waals surface area contributed by atoms with E-state index in [0.717, 1.165) is 24.3 Å². The van der Waals surface area contributed by atoms with Gasteiger partial charge in [-0.05, 0) is 36.6 Å². The van der Waals surface area contributed by atoms with Crippen molar-refractivity contribution in [3.8, 4) is 0 Å². The standard InChI is InChI=1S/C18H26N4O3S2/c1-5-6-11-22(4)27(24,25)15-9-7-14(8-10-15)17(23)19-18-21-20-16(26-18)12-13(2)3/h7-10,13H,5-6,11-12H2,1-4H3,(H,19,21,23). The minimum atomic E-state index is -3.54. The van der Waals surface area contributed by atoms with Crippen LogP contribution in [0.1, 0.15) is 49.0 Å². The third-order valence-corrected chi connectivity index (χ3v) is 6.65. The molecule has 1 aromatic carbocycles. The molecule has 0 spiro atoms. The van der Waals surface area contributed by atoms with Gasteiger partial charge in [0.1, 0.15) is 5.01 Å². The van der Waals surface area contributed by atoms with Crippen molar-refractivity contribution in [2.45, 2.75) is 44.9 Å². The van der Waals surface area contributed by atoms with Crippen LogP contribution >= 0.6 is 11.3 Å². The molecule has 7 nitrogen and oxygen atoms in total. The zero-order valence-corrected chi connectivity index (χ0v) is 17.7. The van der Waals surface area contributed by atoms with E-state index in [0.29, 0.717) is 23.2 Å². The van der Waals surface area contributed by atoms with E-state index < -0.39 is 10.0 Å². The lowest BCUT2D eigenvalue weighted by Crippen LogP contribution is -2.28. The Hall–Kier alpha value is -1.84. The van der Waals surface area contributed by atoms with E-state index in [-0.39, 0.29) is 10.8 Å². The van der Waals surface area contributed by atoms with Gasteiger partial charge in [-0.3, -0.25) is 10.1 Å². The predicted octanol–water partition coefficient (Wildman–Crippen LogP) is 3.41. The predicted molar refractivity (Wildman–Crippen MR) is 108 cm³/mol. The molecule has 1 N–H and O–H groups in total. The second-order valence-electron chi connectivity index (χ2n) is 6.76. The van der Waals surface area contributed by atoms with Crippen LogP contribution in [0.25, 0.3) is 0 Å². The van der Waals surface area contributed by atoms with Crippen LogP contribution in [0.2, 0.25) is 0 Å². The summed E-state index contributed by atoms with van der Waals surface area (Å²) in [6.45, 7) is 6.67. The van der Waals surface area contributed by atoms with Crippen molar-refractivity contribution >= 4 is 32.4 Å². The van der Waals surface area contributed by atoms with Crippen molar-refractivity contribution in [2.75, 3.05) is 18.9 Å². The summed E-state index contributed by atoms with van der Waals surface area (Å²) in [7, 11) is -1.97. The molecule has 1 amide bonds. The van der Waals surface area contributed by atoms with E-state index in [1.807, 2.05) is 6.92 Å². The third kappa shape index (κ3) is 5.82. The summed E-state index contributed by atoms with van der Waals surface area (Å²) in [5.41, 5.74) is 0.366. The molecule has 0 aliphatic carbocycles. The van der Waals surface area contributed by atoms with Gasteiger partial charge in [-0.25, -0.2) is 12.7 Å². The quantitative estimate of drug-likeness (QED) is 0.684. The van der Waals surface area contributed by atoms with Gasteiger partial charge in [0, 0.05) is 25.6 Å². The van der Waals surface area contributed by atoms with Crippen LogP contribution in [-0.2, 0) is 16.4 Å². The van der Waals surface area contributed by atoms with Gasteiger partial charge in [-0.1, -0.05) is 38.5 Å². The number of hydrogen-bond donors (Lipinski definition) is 1. The number of rotatable bonds is 9. The smallest absolute Gasteiger partial charge is 0.257 e. The molecule has 0 saturated carbocycles. The first-order valence-electron chi connectivity index (χ1n) is 8.94. The second kappa shape index (κ2) is 9.38.